The van der Waals surface area contributed by atoms with Crippen LogP contribution >= 0.6 is 0 Å². The molecule has 3 rings (SSSR count). The van der Waals surface area contributed by atoms with E-state index in [9.17, 15) is 8.42 Å². The average molecular weight is 406 g/mol. The summed E-state index contributed by atoms with van der Waals surface area (Å²) in [5.41, 5.74) is 1.24. The van der Waals surface area contributed by atoms with Crippen molar-refractivity contribution in [1.29, 1.82) is 0 Å². The van der Waals surface area contributed by atoms with E-state index in [2.05, 4.69) is 55.4 Å². The lowest BCUT2D eigenvalue weighted by Gasteiger charge is -2.25. The van der Waals surface area contributed by atoms with Crippen molar-refractivity contribution in [2.45, 2.75) is 32.2 Å². The predicted octanol–water partition coefficient (Wildman–Crippen LogP) is 1.92. The third-order valence-electron chi connectivity index (χ3n) is 5.25. The maximum atomic E-state index is 12.0. The van der Waals surface area contributed by atoms with Crippen LogP contribution in [0.25, 0.3) is 10.9 Å². The molecule has 0 radical (unpaired) electrons. The molecule has 154 valence electrons. The number of guanidine groups is 1. The molecule has 0 amide bonds. The van der Waals surface area contributed by atoms with E-state index in [1.807, 2.05) is 6.07 Å². The van der Waals surface area contributed by atoms with Gasteiger partial charge in [-0.1, -0.05) is 24.6 Å². The zero-order chi connectivity index (χ0) is 19.8. The number of aromatic nitrogens is 1. The molecule has 28 heavy (non-hydrogen) atoms. The smallest absolute Gasteiger partial charge is 0.213 e. The van der Waals surface area contributed by atoms with Gasteiger partial charge in [-0.15, -0.1) is 0 Å². The van der Waals surface area contributed by atoms with Crippen LogP contribution in [0.3, 0.4) is 0 Å². The number of fused-ring (bicyclic) bond motifs is 1. The number of nitrogens with one attached hydrogen (secondary N) is 3. The van der Waals surface area contributed by atoms with Gasteiger partial charge < -0.3 is 15.2 Å². The molecule has 2 aromatic rings. The van der Waals surface area contributed by atoms with Gasteiger partial charge in [0.1, 0.15) is 0 Å². The highest BCUT2D eigenvalue weighted by Crippen LogP contribution is 2.25. The van der Waals surface area contributed by atoms with E-state index < -0.39 is 10.0 Å². The summed E-state index contributed by atoms with van der Waals surface area (Å²) < 4.78 is 29.0. The first-order valence-electron chi connectivity index (χ1n) is 10.0. The van der Waals surface area contributed by atoms with E-state index in [0.29, 0.717) is 25.0 Å². The number of rotatable bonds is 10. The van der Waals surface area contributed by atoms with Gasteiger partial charge in [0.05, 0.1) is 5.75 Å². The van der Waals surface area contributed by atoms with Gasteiger partial charge >= 0.3 is 0 Å². The fourth-order valence-electron chi connectivity index (χ4n) is 3.33. The number of aliphatic imine (C=N–C) groups is 1. The molecule has 7 nitrogen and oxygen atoms in total. The van der Waals surface area contributed by atoms with Crippen LogP contribution in [0.4, 0.5) is 0 Å². The van der Waals surface area contributed by atoms with Crippen LogP contribution in [0.5, 0.6) is 0 Å². The summed E-state index contributed by atoms with van der Waals surface area (Å²) in [6, 6.07) is 10.5. The Morgan fingerprint density at radius 1 is 1.18 bits per heavy atom. The summed E-state index contributed by atoms with van der Waals surface area (Å²) in [6.07, 6.45) is 6.54. The Bertz CT molecular complexity index is 887. The molecular formula is C20H31N5O2S. The topological polar surface area (TPSA) is 87.5 Å². The Balaban J connectivity index is 1.33. The van der Waals surface area contributed by atoms with Crippen LogP contribution in [0.15, 0.2) is 41.5 Å². The number of hydrogen-bond acceptors (Lipinski definition) is 3. The molecule has 1 aromatic heterocycles. The highest BCUT2D eigenvalue weighted by molar-refractivity contribution is 7.89. The normalized spacial score (nSPS) is 15.5. The Morgan fingerprint density at radius 3 is 2.71 bits per heavy atom. The maximum Gasteiger partial charge on any atom is 0.213 e. The summed E-state index contributed by atoms with van der Waals surface area (Å²) in [4.78, 5) is 4.16. The quantitative estimate of drug-likeness (QED) is 0.320. The summed E-state index contributed by atoms with van der Waals surface area (Å²) >= 11 is 0. The van der Waals surface area contributed by atoms with Crippen LogP contribution in [-0.4, -0.2) is 51.4 Å². The molecule has 1 heterocycles. The van der Waals surface area contributed by atoms with Gasteiger partial charge in [0, 0.05) is 44.9 Å². The molecule has 1 aliphatic rings. The van der Waals surface area contributed by atoms with Crippen molar-refractivity contribution >= 4 is 26.9 Å². The lowest BCUT2D eigenvalue weighted by atomic mass is 9.86. The minimum Gasteiger partial charge on any atom is -0.356 e. The van der Waals surface area contributed by atoms with Crippen LogP contribution in [0.1, 0.15) is 25.7 Å². The largest absolute Gasteiger partial charge is 0.356 e. The third-order valence-corrected chi connectivity index (χ3v) is 6.60. The van der Waals surface area contributed by atoms with Gasteiger partial charge in [0.2, 0.25) is 10.0 Å². The minimum absolute atomic E-state index is 0.0514. The Morgan fingerprint density at radius 2 is 1.96 bits per heavy atom. The fraction of sp³-hybridized carbons (Fsp3) is 0.550. The highest BCUT2D eigenvalue weighted by atomic mass is 32.2. The Hall–Kier alpha value is -2.06. The zero-order valence-corrected chi connectivity index (χ0v) is 17.3. The van der Waals surface area contributed by atoms with Crippen molar-refractivity contribution in [3.05, 3.63) is 36.5 Å². The molecule has 0 atom stereocenters. The van der Waals surface area contributed by atoms with Crippen LogP contribution in [0, 0.1) is 5.92 Å². The molecule has 0 unspecified atom stereocenters. The van der Waals surface area contributed by atoms with Gasteiger partial charge in [-0.2, -0.15) is 0 Å². The molecule has 8 heteroatoms. The molecule has 1 saturated carbocycles. The number of aryl methyl sites for hydroxylation is 1. The van der Waals surface area contributed by atoms with Crippen molar-refractivity contribution in [2.75, 3.05) is 32.4 Å². The first-order valence-corrected chi connectivity index (χ1v) is 11.7. The second-order valence-electron chi connectivity index (χ2n) is 7.31. The molecular weight excluding hydrogens is 374 g/mol. The van der Waals surface area contributed by atoms with Crippen molar-refractivity contribution in [2.24, 2.45) is 10.9 Å². The molecule has 1 aliphatic carbocycles. The van der Waals surface area contributed by atoms with Crippen LogP contribution < -0.4 is 15.4 Å². The molecule has 0 saturated heterocycles. The standard InChI is InChI=1S/C20H31N5O2S/c1-21-20(23-12-15-28(26,27)24-16-17-6-4-7-17)22-11-5-13-25-14-10-18-8-2-3-9-19(18)25/h2-3,8-10,14,17,24H,4-7,11-13,15-16H2,1H3,(H2,21,22,23). The van der Waals surface area contributed by atoms with Gasteiger partial charge in [0.15, 0.2) is 5.96 Å². The van der Waals surface area contributed by atoms with E-state index in [0.717, 1.165) is 32.4 Å². The first-order chi connectivity index (χ1) is 13.6. The number of para-hydroxylation sites is 1. The van der Waals surface area contributed by atoms with Crippen molar-refractivity contribution in [3.8, 4) is 0 Å². The van der Waals surface area contributed by atoms with Crippen molar-refractivity contribution in [3.63, 3.8) is 0 Å². The maximum absolute atomic E-state index is 12.0. The molecule has 3 N–H and O–H groups in total. The predicted molar refractivity (Wildman–Crippen MR) is 115 cm³/mol. The van der Waals surface area contributed by atoms with Gasteiger partial charge in [0.25, 0.3) is 0 Å². The van der Waals surface area contributed by atoms with E-state index in [1.165, 1.54) is 17.3 Å². The second kappa shape index (κ2) is 9.93. The van der Waals surface area contributed by atoms with Gasteiger partial charge in [-0.05, 0) is 42.7 Å². The van der Waals surface area contributed by atoms with E-state index in [1.54, 1.807) is 7.05 Å². The Labute approximate surface area is 167 Å². The number of hydrogen-bond donors (Lipinski definition) is 3. The summed E-state index contributed by atoms with van der Waals surface area (Å²) in [6.45, 7) is 2.58. The molecule has 0 spiro atoms. The van der Waals surface area contributed by atoms with E-state index >= 15 is 0 Å². The first kappa shape index (κ1) is 20.7. The molecule has 0 bridgehead atoms. The van der Waals surface area contributed by atoms with Crippen molar-refractivity contribution in [1.82, 2.24) is 19.9 Å². The number of benzene rings is 1. The van der Waals surface area contributed by atoms with E-state index in [-0.39, 0.29) is 5.75 Å². The zero-order valence-electron chi connectivity index (χ0n) is 16.5. The number of sulfonamides is 1. The average Bonchev–Trinajstić information content (AvgIpc) is 3.05. The van der Waals surface area contributed by atoms with E-state index in [4.69, 9.17) is 0 Å². The third kappa shape index (κ3) is 5.97. The fourth-order valence-corrected chi connectivity index (χ4v) is 4.33. The number of nitrogens with zero attached hydrogens (tertiary/aromatic N) is 2. The monoisotopic (exact) mass is 405 g/mol. The van der Waals surface area contributed by atoms with Crippen LogP contribution in [0.2, 0.25) is 0 Å². The van der Waals surface area contributed by atoms with Crippen molar-refractivity contribution < 1.29 is 8.42 Å². The lowest BCUT2D eigenvalue weighted by Crippen LogP contribution is -2.42. The summed E-state index contributed by atoms with van der Waals surface area (Å²) in [7, 11) is -1.54. The SMILES string of the molecule is CN=C(NCCCn1ccc2ccccc21)NCCS(=O)(=O)NCC1CCC1. The lowest BCUT2D eigenvalue weighted by molar-refractivity contribution is 0.316. The van der Waals surface area contributed by atoms with Crippen LogP contribution in [-0.2, 0) is 16.6 Å². The molecule has 1 fully saturated rings. The molecule has 1 aromatic carbocycles. The second-order valence-corrected chi connectivity index (χ2v) is 9.24. The molecule has 0 aliphatic heterocycles. The van der Waals surface area contributed by atoms with Gasteiger partial charge in [-0.3, -0.25) is 4.99 Å². The Kier molecular flexibility index (Phi) is 7.33. The van der Waals surface area contributed by atoms with Gasteiger partial charge in [-0.25, -0.2) is 13.1 Å². The summed E-state index contributed by atoms with van der Waals surface area (Å²) in [5, 5.41) is 7.57. The summed E-state index contributed by atoms with van der Waals surface area (Å²) in [5.74, 6) is 1.21. The minimum atomic E-state index is -3.23. The highest BCUT2D eigenvalue weighted by Gasteiger charge is 2.20.